The fraction of sp³-hybridized carbons (Fsp3) is 0.429. The van der Waals surface area contributed by atoms with E-state index in [1.54, 1.807) is 11.1 Å². The molecule has 1 nitrogen and oxygen atoms in total. The summed E-state index contributed by atoms with van der Waals surface area (Å²) in [5.74, 6) is 1.07. The van der Waals surface area contributed by atoms with E-state index in [1.165, 1.54) is 35.8 Å². The highest BCUT2D eigenvalue weighted by atomic mass is 16.3. The summed E-state index contributed by atoms with van der Waals surface area (Å²) in [5.41, 5.74) is 6.96. The molecular formula is C14H16O. The van der Waals surface area contributed by atoms with Gasteiger partial charge in [0.15, 0.2) is 0 Å². The van der Waals surface area contributed by atoms with Crippen LogP contribution in [0, 0.1) is 20.8 Å². The van der Waals surface area contributed by atoms with Crippen LogP contribution >= 0.6 is 0 Å². The fourth-order valence-corrected chi connectivity index (χ4v) is 2.87. The predicted molar refractivity (Wildman–Crippen MR) is 62.5 cm³/mol. The molecule has 0 amide bonds. The normalized spacial score (nSPS) is 14.9. The second-order valence-electron chi connectivity index (χ2n) is 4.66. The van der Waals surface area contributed by atoms with Crippen LogP contribution in [0.1, 0.15) is 34.4 Å². The lowest BCUT2D eigenvalue weighted by molar-refractivity contribution is 0.574. The first kappa shape index (κ1) is 9.02. The van der Waals surface area contributed by atoms with Gasteiger partial charge in [0.25, 0.3) is 0 Å². The molecule has 3 rings (SSSR count). The van der Waals surface area contributed by atoms with E-state index in [9.17, 15) is 0 Å². The SMILES string of the molecule is Cc1cc2oc(C)c(C)c2c2c1CCC2. The van der Waals surface area contributed by atoms with Crippen LogP contribution in [0.25, 0.3) is 11.0 Å². The lowest BCUT2D eigenvalue weighted by atomic mass is 9.98. The smallest absolute Gasteiger partial charge is 0.135 e. The van der Waals surface area contributed by atoms with Crippen LogP contribution in [0.3, 0.4) is 0 Å². The van der Waals surface area contributed by atoms with E-state index in [-0.39, 0.29) is 0 Å². The average molecular weight is 200 g/mol. The minimum Gasteiger partial charge on any atom is -0.461 e. The second kappa shape index (κ2) is 2.88. The summed E-state index contributed by atoms with van der Waals surface area (Å²) in [5, 5.41) is 1.39. The molecule has 0 spiro atoms. The van der Waals surface area contributed by atoms with Crippen LogP contribution < -0.4 is 0 Å². The fourth-order valence-electron chi connectivity index (χ4n) is 2.87. The number of hydrogen-bond acceptors (Lipinski definition) is 1. The standard InChI is InChI=1S/C14H16O/c1-8-7-13-14(9(2)10(3)15-13)12-6-4-5-11(8)12/h7H,4-6H2,1-3H3. The highest BCUT2D eigenvalue weighted by molar-refractivity contribution is 5.88. The molecular weight excluding hydrogens is 184 g/mol. The van der Waals surface area contributed by atoms with Gasteiger partial charge in [0.05, 0.1) is 0 Å². The van der Waals surface area contributed by atoms with Crippen LogP contribution in [0.15, 0.2) is 10.5 Å². The molecule has 1 aromatic heterocycles. The molecule has 0 N–H and O–H groups in total. The molecule has 0 saturated carbocycles. The van der Waals surface area contributed by atoms with Crippen molar-refractivity contribution in [2.24, 2.45) is 0 Å². The Morgan fingerprint density at radius 3 is 2.60 bits per heavy atom. The molecule has 1 aromatic carbocycles. The highest BCUT2D eigenvalue weighted by Crippen LogP contribution is 2.36. The van der Waals surface area contributed by atoms with Crippen molar-refractivity contribution in [1.29, 1.82) is 0 Å². The van der Waals surface area contributed by atoms with Crippen LogP contribution in [0.2, 0.25) is 0 Å². The molecule has 78 valence electrons. The topological polar surface area (TPSA) is 13.1 Å². The van der Waals surface area contributed by atoms with E-state index >= 15 is 0 Å². The first-order valence-corrected chi connectivity index (χ1v) is 5.69. The average Bonchev–Trinajstić information content (AvgIpc) is 2.74. The molecule has 0 saturated heterocycles. The van der Waals surface area contributed by atoms with Crippen molar-refractivity contribution in [3.63, 3.8) is 0 Å². The second-order valence-corrected chi connectivity index (χ2v) is 4.66. The Kier molecular flexibility index (Phi) is 1.73. The minimum atomic E-state index is 1.07. The summed E-state index contributed by atoms with van der Waals surface area (Å²) in [6.45, 7) is 6.44. The van der Waals surface area contributed by atoms with Crippen molar-refractivity contribution in [2.75, 3.05) is 0 Å². The zero-order chi connectivity index (χ0) is 10.6. The highest BCUT2D eigenvalue weighted by Gasteiger charge is 2.20. The number of rotatable bonds is 0. The van der Waals surface area contributed by atoms with Crippen molar-refractivity contribution in [3.8, 4) is 0 Å². The Hall–Kier alpha value is -1.24. The Morgan fingerprint density at radius 1 is 1.07 bits per heavy atom. The van der Waals surface area contributed by atoms with Crippen molar-refractivity contribution >= 4 is 11.0 Å². The molecule has 0 bridgehead atoms. The van der Waals surface area contributed by atoms with Gasteiger partial charge in [-0.05, 0) is 68.4 Å². The zero-order valence-electron chi connectivity index (χ0n) is 9.61. The van der Waals surface area contributed by atoms with Gasteiger partial charge in [-0.2, -0.15) is 0 Å². The Balaban J connectivity index is 2.49. The molecule has 15 heavy (non-hydrogen) atoms. The van der Waals surface area contributed by atoms with Gasteiger partial charge in [0.2, 0.25) is 0 Å². The predicted octanol–water partition coefficient (Wildman–Crippen LogP) is 3.85. The maximum Gasteiger partial charge on any atom is 0.135 e. The van der Waals surface area contributed by atoms with Gasteiger partial charge in [-0.25, -0.2) is 0 Å². The summed E-state index contributed by atoms with van der Waals surface area (Å²) < 4.78 is 5.80. The van der Waals surface area contributed by atoms with E-state index in [1.807, 2.05) is 0 Å². The number of fused-ring (bicyclic) bond motifs is 3. The molecule has 1 aliphatic carbocycles. The van der Waals surface area contributed by atoms with Gasteiger partial charge in [-0.15, -0.1) is 0 Å². The summed E-state index contributed by atoms with van der Waals surface area (Å²) >= 11 is 0. The lowest BCUT2D eigenvalue weighted by Crippen LogP contribution is -1.89. The van der Waals surface area contributed by atoms with Crippen molar-refractivity contribution in [2.45, 2.75) is 40.0 Å². The van der Waals surface area contributed by atoms with Crippen molar-refractivity contribution in [3.05, 3.63) is 34.1 Å². The van der Waals surface area contributed by atoms with E-state index in [2.05, 4.69) is 26.8 Å². The zero-order valence-corrected chi connectivity index (χ0v) is 9.61. The largest absolute Gasteiger partial charge is 0.461 e. The van der Waals surface area contributed by atoms with Gasteiger partial charge in [0.1, 0.15) is 11.3 Å². The number of furan rings is 1. The van der Waals surface area contributed by atoms with Crippen molar-refractivity contribution in [1.82, 2.24) is 0 Å². The van der Waals surface area contributed by atoms with Crippen LogP contribution in [-0.4, -0.2) is 0 Å². The van der Waals surface area contributed by atoms with Crippen LogP contribution in [-0.2, 0) is 12.8 Å². The third-order valence-electron chi connectivity index (χ3n) is 3.76. The maximum absolute atomic E-state index is 5.80. The Morgan fingerprint density at radius 2 is 1.80 bits per heavy atom. The summed E-state index contributed by atoms with van der Waals surface area (Å²) in [6.07, 6.45) is 3.78. The van der Waals surface area contributed by atoms with E-state index in [0.29, 0.717) is 0 Å². The van der Waals surface area contributed by atoms with Gasteiger partial charge in [-0.1, -0.05) is 0 Å². The molecule has 1 heterocycles. The van der Waals surface area contributed by atoms with Gasteiger partial charge in [0, 0.05) is 5.39 Å². The number of benzene rings is 1. The van der Waals surface area contributed by atoms with Gasteiger partial charge in [-0.3, -0.25) is 0 Å². The third-order valence-corrected chi connectivity index (χ3v) is 3.76. The summed E-state index contributed by atoms with van der Waals surface area (Å²) in [6, 6.07) is 2.21. The first-order valence-electron chi connectivity index (χ1n) is 5.69. The van der Waals surface area contributed by atoms with Crippen LogP contribution in [0.5, 0.6) is 0 Å². The van der Waals surface area contributed by atoms with Gasteiger partial charge >= 0.3 is 0 Å². The summed E-state index contributed by atoms with van der Waals surface area (Å²) in [4.78, 5) is 0. The minimum absolute atomic E-state index is 1.07. The molecule has 0 radical (unpaired) electrons. The van der Waals surface area contributed by atoms with Crippen molar-refractivity contribution < 1.29 is 4.42 Å². The Bertz CT molecular complexity index is 546. The lowest BCUT2D eigenvalue weighted by Gasteiger charge is -2.05. The quantitative estimate of drug-likeness (QED) is 0.629. The number of hydrogen-bond donors (Lipinski definition) is 0. The third kappa shape index (κ3) is 1.09. The molecule has 0 unspecified atom stereocenters. The van der Waals surface area contributed by atoms with E-state index < -0.39 is 0 Å². The number of aryl methyl sites for hydroxylation is 4. The first-order chi connectivity index (χ1) is 7.18. The summed E-state index contributed by atoms with van der Waals surface area (Å²) in [7, 11) is 0. The molecule has 0 atom stereocenters. The Labute approximate surface area is 90.1 Å². The molecule has 1 aliphatic rings. The molecule has 0 fully saturated rings. The van der Waals surface area contributed by atoms with Crippen LogP contribution in [0.4, 0.5) is 0 Å². The molecule has 1 heteroatoms. The monoisotopic (exact) mass is 200 g/mol. The van der Waals surface area contributed by atoms with Gasteiger partial charge < -0.3 is 4.42 Å². The maximum atomic E-state index is 5.80. The molecule has 2 aromatic rings. The van der Waals surface area contributed by atoms with E-state index in [4.69, 9.17) is 4.42 Å². The van der Waals surface area contributed by atoms with E-state index in [0.717, 1.165) is 11.3 Å². The molecule has 0 aliphatic heterocycles.